The molecule has 0 N–H and O–H groups in total. The van der Waals surface area contributed by atoms with E-state index in [0.717, 1.165) is 38.0 Å². The summed E-state index contributed by atoms with van der Waals surface area (Å²) in [5, 5.41) is 0. The number of carbonyl (C=O) groups excluding carboxylic acids is 1. The molecule has 114 valence electrons. The molecule has 1 heterocycles. The van der Waals surface area contributed by atoms with Crippen LogP contribution in [0.2, 0.25) is 0 Å². The highest BCUT2D eigenvalue weighted by Crippen LogP contribution is 2.36. The van der Waals surface area contributed by atoms with Gasteiger partial charge in [-0.2, -0.15) is 0 Å². The van der Waals surface area contributed by atoms with Crippen molar-refractivity contribution in [2.24, 2.45) is 5.92 Å². The number of hydrogen-bond donors (Lipinski definition) is 0. The van der Waals surface area contributed by atoms with Gasteiger partial charge in [-0.1, -0.05) is 31.4 Å². The topological polar surface area (TPSA) is 29.5 Å². The molecule has 1 aromatic carbocycles. The minimum atomic E-state index is 0.256. The molecule has 1 saturated carbocycles. The van der Waals surface area contributed by atoms with Crippen LogP contribution < -0.4 is 4.74 Å². The van der Waals surface area contributed by atoms with Crippen molar-refractivity contribution >= 4 is 5.91 Å². The molecule has 1 unspecified atom stereocenters. The molecule has 1 amide bonds. The van der Waals surface area contributed by atoms with Crippen LogP contribution in [0.5, 0.6) is 5.75 Å². The molecule has 2 fully saturated rings. The summed E-state index contributed by atoms with van der Waals surface area (Å²) in [4.78, 5) is 14.9. The Bertz CT molecular complexity index is 478. The summed E-state index contributed by atoms with van der Waals surface area (Å²) >= 11 is 0. The van der Waals surface area contributed by atoms with Gasteiger partial charge in [0.05, 0.1) is 13.2 Å². The van der Waals surface area contributed by atoms with E-state index in [9.17, 15) is 4.79 Å². The number of methoxy groups -OCH3 is 1. The molecule has 1 saturated heterocycles. The second-order valence-electron chi connectivity index (χ2n) is 6.30. The monoisotopic (exact) mass is 287 g/mol. The van der Waals surface area contributed by atoms with E-state index < -0.39 is 0 Å². The first-order valence-electron chi connectivity index (χ1n) is 8.24. The van der Waals surface area contributed by atoms with E-state index in [1.165, 1.54) is 24.8 Å². The molecule has 2 aliphatic rings. The Morgan fingerprint density at radius 2 is 1.81 bits per heavy atom. The number of benzene rings is 1. The number of nitrogens with zero attached hydrogens (tertiary/aromatic N) is 1. The van der Waals surface area contributed by atoms with Crippen LogP contribution in [0.15, 0.2) is 24.3 Å². The summed E-state index contributed by atoms with van der Waals surface area (Å²) in [6.07, 6.45) is 8.08. The Kier molecular flexibility index (Phi) is 4.47. The van der Waals surface area contributed by atoms with Gasteiger partial charge >= 0.3 is 0 Å². The largest absolute Gasteiger partial charge is 0.497 e. The van der Waals surface area contributed by atoms with E-state index in [-0.39, 0.29) is 6.04 Å². The van der Waals surface area contributed by atoms with Gasteiger partial charge in [0.25, 0.3) is 0 Å². The summed E-state index contributed by atoms with van der Waals surface area (Å²) in [7, 11) is 1.69. The predicted octanol–water partition coefficient (Wildman–Crippen LogP) is 3.94. The van der Waals surface area contributed by atoms with Crippen LogP contribution in [0.1, 0.15) is 56.6 Å². The third-order valence-electron chi connectivity index (χ3n) is 4.99. The van der Waals surface area contributed by atoms with Crippen molar-refractivity contribution in [3.05, 3.63) is 29.8 Å². The summed E-state index contributed by atoms with van der Waals surface area (Å²) in [6, 6.07) is 8.51. The minimum absolute atomic E-state index is 0.256. The summed E-state index contributed by atoms with van der Waals surface area (Å²) in [5.41, 5.74) is 1.25. The lowest BCUT2D eigenvalue weighted by Crippen LogP contribution is -2.41. The number of hydrogen-bond acceptors (Lipinski definition) is 2. The molecule has 1 aromatic rings. The Morgan fingerprint density at radius 1 is 1.05 bits per heavy atom. The number of amides is 1. The van der Waals surface area contributed by atoms with Crippen LogP contribution in [0, 0.1) is 5.92 Å². The highest BCUT2D eigenvalue weighted by Gasteiger charge is 2.34. The summed E-state index contributed by atoms with van der Waals surface area (Å²) in [5.74, 6) is 1.57. The maximum absolute atomic E-state index is 12.7. The average molecular weight is 287 g/mol. The fourth-order valence-electron chi connectivity index (χ4n) is 3.43. The van der Waals surface area contributed by atoms with Gasteiger partial charge in [-0.15, -0.1) is 0 Å². The SMILES string of the molecule is COc1ccc(C2CCCCCN2C(=O)C2CCC2)cc1. The maximum Gasteiger partial charge on any atom is 0.226 e. The van der Waals surface area contributed by atoms with E-state index >= 15 is 0 Å². The predicted molar refractivity (Wildman–Crippen MR) is 83.3 cm³/mol. The molecule has 21 heavy (non-hydrogen) atoms. The van der Waals surface area contributed by atoms with Gasteiger partial charge in [-0.05, 0) is 43.4 Å². The molecule has 0 radical (unpaired) electrons. The van der Waals surface area contributed by atoms with Gasteiger partial charge in [-0.3, -0.25) is 4.79 Å². The first kappa shape index (κ1) is 14.4. The molecule has 0 aromatic heterocycles. The van der Waals surface area contributed by atoms with Crippen LogP contribution in [0.3, 0.4) is 0 Å². The Labute approximate surface area is 127 Å². The fraction of sp³-hybridized carbons (Fsp3) is 0.611. The molecular weight excluding hydrogens is 262 g/mol. The maximum atomic E-state index is 12.7. The number of carbonyl (C=O) groups is 1. The number of ether oxygens (including phenoxy) is 1. The van der Waals surface area contributed by atoms with Crippen LogP contribution in [0.4, 0.5) is 0 Å². The van der Waals surface area contributed by atoms with Crippen molar-refractivity contribution in [2.45, 2.75) is 51.0 Å². The van der Waals surface area contributed by atoms with Gasteiger partial charge in [0.1, 0.15) is 5.75 Å². The van der Waals surface area contributed by atoms with Crippen molar-refractivity contribution in [1.29, 1.82) is 0 Å². The normalized spacial score (nSPS) is 23.3. The Morgan fingerprint density at radius 3 is 2.43 bits per heavy atom. The van der Waals surface area contributed by atoms with E-state index in [0.29, 0.717) is 11.8 Å². The number of rotatable bonds is 3. The first-order valence-corrected chi connectivity index (χ1v) is 8.24. The van der Waals surface area contributed by atoms with Gasteiger partial charge in [0, 0.05) is 12.5 Å². The van der Waals surface area contributed by atoms with E-state index in [4.69, 9.17) is 4.74 Å². The molecule has 0 bridgehead atoms. The van der Waals surface area contributed by atoms with Gasteiger partial charge in [-0.25, -0.2) is 0 Å². The van der Waals surface area contributed by atoms with Crippen molar-refractivity contribution < 1.29 is 9.53 Å². The molecule has 3 nitrogen and oxygen atoms in total. The zero-order valence-corrected chi connectivity index (χ0v) is 12.9. The van der Waals surface area contributed by atoms with Gasteiger partial charge in [0.15, 0.2) is 0 Å². The molecule has 3 heteroatoms. The number of likely N-dealkylation sites (tertiary alicyclic amines) is 1. The molecule has 1 aliphatic carbocycles. The zero-order valence-electron chi connectivity index (χ0n) is 12.9. The first-order chi connectivity index (χ1) is 10.3. The fourth-order valence-corrected chi connectivity index (χ4v) is 3.43. The highest BCUT2D eigenvalue weighted by atomic mass is 16.5. The highest BCUT2D eigenvalue weighted by molar-refractivity contribution is 5.80. The zero-order chi connectivity index (χ0) is 14.7. The molecule has 1 atom stereocenters. The van der Waals surface area contributed by atoms with Gasteiger partial charge in [0.2, 0.25) is 5.91 Å². The molecule has 1 aliphatic heterocycles. The van der Waals surface area contributed by atoms with Crippen molar-refractivity contribution in [1.82, 2.24) is 4.90 Å². The second-order valence-corrected chi connectivity index (χ2v) is 6.30. The van der Waals surface area contributed by atoms with Crippen molar-refractivity contribution in [3.8, 4) is 5.75 Å². The summed E-state index contributed by atoms with van der Waals surface area (Å²) in [6.45, 7) is 0.923. The minimum Gasteiger partial charge on any atom is -0.497 e. The van der Waals surface area contributed by atoms with Crippen LogP contribution in [0.25, 0.3) is 0 Å². The Balaban J connectivity index is 1.81. The lowest BCUT2D eigenvalue weighted by Gasteiger charge is -2.36. The van der Waals surface area contributed by atoms with Gasteiger partial charge < -0.3 is 9.64 Å². The quantitative estimate of drug-likeness (QED) is 0.842. The lowest BCUT2D eigenvalue weighted by molar-refractivity contribution is -0.140. The second kappa shape index (κ2) is 6.50. The standard InChI is InChI=1S/C18H25NO2/c1-21-16-11-9-14(10-12-16)17-8-3-2-4-13-19(17)18(20)15-6-5-7-15/h9-12,15,17H,2-8,13H2,1H3. The average Bonchev–Trinajstić information content (AvgIpc) is 2.71. The smallest absolute Gasteiger partial charge is 0.226 e. The molecule has 3 rings (SSSR count). The van der Waals surface area contributed by atoms with Crippen LogP contribution in [-0.4, -0.2) is 24.5 Å². The molecular formula is C18H25NO2. The summed E-state index contributed by atoms with van der Waals surface area (Å²) < 4.78 is 5.24. The van der Waals surface area contributed by atoms with Crippen LogP contribution in [-0.2, 0) is 4.79 Å². The van der Waals surface area contributed by atoms with Crippen molar-refractivity contribution in [3.63, 3.8) is 0 Å². The Hall–Kier alpha value is -1.51. The van der Waals surface area contributed by atoms with Crippen LogP contribution >= 0.6 is 0 Å². The van der Waals surface area contributed by atoms with E-state index in [1.807, 2.05) is 12.1 Å². The third kappa shape index (κ3) is 3.07. The third-order valence-corrected chi connectivity index (χ3v) is 4.99. The van der Waals surface area contributed by atoms with E-state index in [1.54, 1.807) is 7.11 Å². The van der Waals surface area contributed by atoms with E-state index in [2.05, 4.69) is 17.0 Å². The molecule has 0 spiro atoms. The van der Waals surface area contributed by atoms with Crippen molar-refractivity contribution in [2.75, 3.05) is 13.7 Å². The lowest BCUT2D eigenvalue weighted by atomic mass is 9.83.